The van der Waals surface area contributed by atoms with Gasteiger partial charge in [0.2, 0.25) is 0 Å². The summed E-state index contributed by atoms with van der Waals surface area (Å²) in [6, 6.07) is 2.03. The predicted octanol–water partition coefficient (Wildman–Crippen LogP) is 3.57. The average Bonchev–Trinajstić information content (AvgIpc) is 2.40. The Hall–Kier alpha value is -1.17. The number of hydrogen-bond donors (Lipinski definition) is 0. The molecule has 0 N–H and O–H groups in total. The molecule has 0 aromatic heterocycles. The molecule has 1 fully saturated rings. The number of nitrogens with zero attached hydrogens (tertiary/aromatic N) is 1. The van der Waals surface area contributed by atoms with Gasteiger partial charge in [-0.25, -0.2) is 0 Å². The molecule has 0 unspecified atom stereocenters. The molecule has 0 saturated heterocycles. The molecule has 0 spiro atoms. The molecule has 1 aliphatic rings. The summed E-state index contributed by atoms with van der Waals surface area (Å²) in [6.45, 7) is 0. The fourth-order valence-electron chi connectivity index (χ4n) is 2.58. The number of rotatable bonds is 8. The highest BCUT2D eigenvalue weighted by Crippen LogP contribution is 2.25. The van der Waals surface area contributed by atoms with Crippen LogP contribution in [0.15, 0.2) is 0 Å². The normalized spacial score (nSPS) is 16.2. The summed E-state index contributed by atoms with van der Waals surface area (Å²) in [5.74, 6) is 0.827. The van der Waals surface area contributed by atoms with Gasteiger partial charge >= 0.3 is 0 Å². The first kappa shape index (κ1) is 14.9. The lowest BCUT2D eigenvalue weighted by Gasteiger charge is -2.20. The molecule has 18 heavy (non-hydrogen) atoms. The molecule has 0 bridgehead atoms. The van der Waals surface area contributed by atoms with Gasteiger partial charge < -0.3 is 0 Å². The summed E-state index contributed by atoms with van der Waals surface area (Å²) in [4.78, 5) is 23.3. The molecule has 0 aromatic carbocycles. The molecule has 0 aromatic rings. The van der Waals surface area contributed by atoms with Crippen LogP contribution < -0.4 is 0 Å². The minimum atomic E-state index is 0.196. The summed E-state index contributed by atoms with van der Waals surface area (Å²) in [5.41, 5.74) is 0. The van der Waals surface area contributed by atoms with Crippen LogP contribution in [0.2, 0.25) is 0 Å². The predicted molar refractivity (Wildman–Crippen MR) is 69.9 cm³/mol. The van der Waals surface area contributed by atoms with E-state index in [0.717, 1.165) is 12.8 Å². The van der Waals surface area contributed by atoms with Crippen LogP contribution in [-0.4, -0.2) is 11.6 Å². The fraction of sp³-hybridized carbons (Fsp3) is 0.800. The molecule has 0 amide bonds. The summed E-state index contributed by atoms with van der Waals surface area (Å²) in [6.07, 6.45) is 9.10. The molecule has 1 aliphatic carbocycles. The largest absolute Gasteiger partial charge is 0.300 e. The number of unbranched alkanes of at least 4 members (excludes halogenated alkanes) is 1. The van der Waals surface area contributed by atoms with E-state index in [2.05, 4.69) is 0 Å². The van der Waals surface area contributed by atoms with Gasteiger partial charge in [0.05, 0.1) is 6.07 Å². The third-order valence-electron chi connectivity index (χ3n) is 3.68. The Bertz CT molecular complexity index is 311. The first-order valence-electron chi connectivity index (χ1n) is 7.15. The third-order valence-corrected chi connectivity index (χ3v) is 3.68. The number of Topliss-reactive ketones (excluding diaryl/α,β-unsaturated/α-hetero) is 2. The highest BCUT2D eigenvalue weighted by Gasteiger charge is 2.20. The first-order valence-corrected chi connectivity index (χ1v) is 7.15. The maximum atomic E-state index is 11.9. The van der Waals surface area contributed by atoms with E-state index in [4.69, 9.17) is 5.26 Å². The highest BCUT2D eigenvalue weighted by molar-refractivity contribution is 5.82. The summed E-state index contributed by atoms with van der Waals surface area (Å²) in [5, 5.41) is 8.37. The second-order valence-corrected chi connectivity index (χ2v) is 5.21. The van der Waals surface area contributed by atoms with Gasteiger partial charge in [-0.05, 0) is 25.7 Å². The van der Waals surface area contributed by atoms with Crippen molar-refractivity contribution in [3.63, 3.8) is 0 Å². The topological polar surface area (TPSA) is 57.9 Å². The maximum absolute atomic E-state index is 11.9. The molecule has 0 heterocycles. The molecule has 1 rings (SSSR count). The standard InChI is InChI=1S/C15H23NO2/c16-12-5-4-9-14(17)10-6-11-15(18)13-7-2-1-3-8-13/h13H,1-11H2. The molecule has 3 nitrogen and oxygen atoms in total. The van der Waals surface area contributed by atoms with Gasteiger partial charge in [0.25, 0.3) is 0 Å². The fourth-order valence-corrected chi connectivity index (χ4v) is 2.58. The van der Waals surface area contributed by atoms with Gasteiger partial charge in [0, 0.05) is 31.6 Å². The SMILES string of the molecule is N#CCCCC(=O)CCCC(=O)C1CCCCC1. The van der Waals surface area contributed by atoms with Crippen LogP contribution in [-0.2, 0) is 9.59 Å². The second kappa shape index (κ2) is 8.85. The van der Waals surface area contributed by atoms with Crippen LogP contribution in [0.25, 0.3) is 0 Å². The van der Waals surface area contributed by atoms with Crippen molar-refractivity contribution in [2.45, 2.75) is 70.6 Å². The van der Waals surface area contributed by atoms with Crippen molar-refractivity contribution >= 4 is 11.6 Å². The van der Waals surface area contributed by atoms with Crippen molar-refractivity contribution < 1.29 is 9.59 Å². The summed E-state index contributed by atoms with van der Waals surface area (Å²) < 4.78 is 0. The van der Waals surface area contributed by atoms with Crippen molar-refractivity contribution in [3.05, 3.63) is 0 Å². The highest BCUT2D eigenvalue weighted by atomic mass is 16.1. The van der Waals surface area contributed by atoms with Crippen LogP contribution in [0.3, 0.4) is 0 Å². The van der Waals surface area contributed by atoms with E-state index in [1.807, 2.05) is 6.07 Å². The Kier molecular flexibility index (Phi) is 7.32. The van der Waals surface area contributed by atoms with Crippen LogP contribution >= 0.6 is 0 Å². The van der Waals surface area contributed by atoms with E-state index in [1.165, 1.54) is 19.3 Å². The monoisotopic (exact) mass is 249 g/mol. The smallest absolute Gasteiger partial charge is 0.135 e. The Morgan fingerprint density at radius 1 is 1.00 bits per heavy atom. The number of carbonyl (C=O) groups is 2. The lowest BCUT2D eigenvalue weighted by molar-refractivity contribution is -0.124. The summed E-state index contributed by atoms with van der Waals surface area (Å²) in [7, 11) is 0. The van der Waals surface area contributed by atoms with Crippen molar-refractivity contribution in [1.82, 2.24) is 0 Å². The van der Waals surface area contributed by atoms with E-state index in [9.17, 15) is 9.59 Å². The molecular formula is C15H23NO2. The second-order valence-electron chi connectivity index (χ2n) is 5.21. The molecule has 0 radical (unpaired) electrons. The van der Waals surface area contributed by atoms with Gasteiger partial charge in [-0.15, -0.1) is 0 Å². The van der Waals surface area contributed by atoms with E-state index < -0.39 is 0 Å². The van der Waals surface area contributed by atoms with Crippen LogP contribution in [0, 0.1) is 17.2 Å². The molecule has 0 aliphatic heterocycles. The van der Waals surface area contributed by atoms with Crippen LogP contribution in [0.5, 0.6) is 0 Å². The van der Waals surface area contributed by atoms with E-state index >= 15 is 0 Å². The minimum Gasteiger partial charge on any atom is -0.300 e. The van der Waals surface area contributed by atoms with Crippen molar-refractivity contribution in [3.8, 4) is 6.07 Å². The van der Waals surface area contributed by atoms with E-state index in [0.29, 0.717) is 44.3 Å². The molecule has 100 valence electrons. The quantitative estimate of drug-likeness (QED) is 0.618. The van der Waals surface area contributed by atoms with E-state index in [1.54, 1.807) is 0 Å². The van der Waals surface area contributed by atoms with Gasteiger partial charge in [0.1, 0.15) is 11.6 Å². The zero-order chi connectivity index (χ0) is 13.2. The lowest BCUT2D eigenvalue weighted by Crippen LogP contribution is -2.17. The van der Waals surface area contributed by atoms with Crippen LogP contribution in [0.4, 0.5) is 0 Å². The molecular weight excluding hydrogens is 226 g/mol. The Balaban J connectivity index is 2.07. The Morgan fingerprint density at radius 3 is 2.33 bits per heavy atom. The minimum absolute atomic E-state index is 0.196. The molecule has 3 heteroatoms. The molecule has 1 saturated carbocycles. The zero-order valence-electron chi connectivity index (χ0n) is 11.1. The number of hydrogen-bond acceptors (Lipinski definition) is 3. The average molecular weight is 249 g/mol. The number of carbonyl (C=O) groups excluding carboxylic acids is 2. The van der Waals surface area contributed by atoms with Crippen molar-refractivity contribution in [1.29, 1.82) is 5.26 Å². The first-order chi connectivity index (χ1) is 8.74. The van der Waals surface area contributed by atoms with Gasteiger partial charge in [0.15, 0.2) is 0 Å². The van der Waals surface area contributed by atoms with Crippen LogP contribution in [0.1, 0.15) is 70.6 Å². The summed E-state index contributed by atoms with van der Waals surface area (Å²) >= 11 is 0. The maximum Gasteiger partial charge on any atom is 0.135 e. The van der Waals surface area contributed by atoms with Gasteiger partial charge in [-0.1, -0.05) is 19.3 Å². The third kappa shape index (κ3) is 5.95. The van der Waals surface area contributed by atoms with Crippen molar-refractivity contribution in [2.24, 2.45) is 5.92 Å². The van der Waals surface area contributed by atoms with Crippen molar-refractivity contribution in [2.75, 3.05) is 0 Å². The Morgan fingerprint density at radius 2 is 1.67 bits per heavy atom. The molecule has 0 atom stereocenters. The van der Waals surface area contributed by atoms with E-state index in [-0.39, 0.29) is 11.7 Å². The van der Waals surface area contributed by atoms with Gasteiger partial charge in [-0.3, -0.25) is 9.59 Å². The number of nitriles is 1. The Labute approximate surface area is 110 Å². The lowest BCUT2D eigenvalue weighted by atomic mass is 9.84. The number of ketones is 2. The van der Waals surface area contributed by atoms with Gasteiger partial charge in [-0.2, -0.15) is 5.26 Å². The zero-order valence-corrected chi connectivity index (χ0v) is 11.1.